The van der Waals surface area contributed by atoms with Crippen LogP contribution in [0.2, 0.25) is 0 Å². The van der Waals surface area contributed by atoms with Gasteiger partial charge in [0.2, 0.25) is 5.82 Å². The quantitative estimate of drug-likeness (QED) is 0.265. The van der Waals surface area contributed by atoms with Gasteiger partial charge in [-0.05, 0) is 49.4 Å². The molecule has 10 heteroatoms. The number of aromatic nitrogens is 4. The van der Waals surface area contributed by atoms with Gasteiger partial charge < -0.3 is 19.8 Å². The number of amides is 1. The van der Waals surface area contributed by atoms with Gasteiger partial charge in [0.05, 0.1) is 16.8 Å². The average Bonchev–Trinajstić information content (AvgIpc) is 3.52. The summed E-state index contributed by atoms with van der Waals surface area (Å²) in [5, 5.41) is 11.0. The number of nitrogens with two attached hydrogens (primary N) is 1. The van der Waals surface area contributed by atoms with Crippen molar-refractivity contribution in [1.29, 1.82) is 0 Å². The van der Waals surface area contributed by atoms with Crippen LogP contribution in [-0.2, 0) is 13.0 Å². The molecule has 1 aliphatic heterocycles. The first-order chi connectivity index (χ1) is 18.5. The summed E-state index contributed by atoms with van der Waals surface area (Å²) in [6, 6.07) is 11.2. The molecule has 0 saturated carbocycles. The lowest BCUT2D eigenvalue weighted by atomic mass is 10.0. The summed E-state index contributed by atoms with van der Waals surface area (Å²) in [6.45, 7) is 2.25. The summed E-state index contributed by atoms with van der Waals surface area (Å²) in [5.74, 6) is 0.00404. The highest BCUT2D eigenvalue weighted by Gasteiger charge is 2.23. The minimum absolute atomic E-state index is 0.0692. The van der Waals surface area contributed by atoms with Crippen LogP contribution in [0.25, 0.3) is 16.8 Å². The number of imidazole rings is 1. The molecule has 38 heavy (non-hydrogen) atoms. The number of hydrogen-bond donors (Lipinski definition) is 1. The van der Waals surface area contributed by atoms with Gasteiger partial charge >= 0.3 is 5.69 Å². The van der Waals surface area contributed by atoms with Crippen molar-refractivity contribution >= 4 is 17.4 Å². The maximum atomic E-state index is 13.7. The van der Waals surface area contributed by atoms with E-state index in [1.54, 1.807) is 18.6 Å². The zero-order valence-corrected chi connectivity index (χ0v) is 21.2. The number of hydrogen-bond acceptors (Lipinski definition) is 6. The van der Waals surface area contributed by atoms with Crippen molar-refractivity contribution in [3.05, 3.63) is 88.9 Å². The first-order valence-corrected chi connectivity index (χ1v) is 13.0. The van der Waals surface area contributed by atoms with Crippen molar-refractivity contribution < 1.29 is 9.72 Å². The monoisotopic (exact) mass is 513 g/mol. The first kappa shape index (κ1) is 25.2. The van der Waals surface area contributed by atoms with Gasteiger partial charge in [0.25, 0.3) is 5.91 Å². The summed E-state index contributed by atoms with van der Waals surface area (Å²) in [4.78, 5) is 34.4. The van der Waals surface area contributed by atoms with Crippen LogP contribution in [0.3, 0.4) is 0 Å². The number of rotatable bonds is 8. The third-order valence-corrected chi connectivity index (χ3v) is 6.99. The number of benzene rings is 1. The molecule has 5 rings (SSSR count). The molecule has 1 aliphatic rings. The molecular weight excluding hydrogens is 482 g/mol. The smallest absolute Gasteiger partial charge is 0.311 e. The second kappa shape index (κ2) is 11.3. The minimum Gasteiger partial charge on any atom is -0.378 e. The molecule has 2 N–H and O–H groups in total. The Labute approximate surface area is 220 Å². The van der Waals surface area contributed by atoms with E-state index in [2.05, 4.69) is 14.5 Å². The van der Waals surface area contributed by atoms with Crippen LogP contribution < -0.4 is 5.73 Å². The predicted octanol–water partition coefficient (Wildman–Crippen LogP) is 4.88. The van der Waals surface area contributed by atoms with Gasteiger partial charge in [0, 0.05) is 67.4 Å². The maximum absolute atomic E-state index is 13.7. The van der Waals surface area contributed by atoms with Gasteiger partial charge in [-0.1, -0.05) is 25.0 Å². The van der Waals surface area contributed by atoms with Gasteiger partial charge in [-0.3, -0.25) is 14.9 Å². The van der Waals surface area contributed by atoms with E-state index < -0.39 is 4.92 Å². The number of likely N-dealkylation sites (tertiary alicyclic amines) is 1. The number of nitrogens with zero attached hydrogens (tertiary/aromatic N) is 6. The Morgan fingerprint density at radius 3 is 2.45 bits per heavy atom. The molecule has 4 heterocycles. The second-order valence-corrected chi connectivity index (χ2v) is 9.61. The van der Waals surface area contributed by atoms with E-state index in [9.17, 15) is 14.9 Å². The molecule has 1 fully saturated rings. The van der Waals surface area contributed by atoms with Gasteiger partial charge in [-0.2, -0.15) is 0 Å². The Bertz CT molecular complexity index is 1400. The lowest BCUT2D eigenvalue weighted by Gasteiger charge is -2.20. The zero-order chi connectivity index (χ0) is 26.5. The summed E-state index contributed by atoms with van der Waals surface area (Å²) in [6.07, 6.45) is 15.1. The van der Waals surface area contributed by atoms with E-state index in [-0.39, 0.29) is 17.4 Å². The molecule has 1 aromatic carbocycles. The van der Waals surface area contributed by atoms with Crippen LogP contribution >= 0.6 is 0 Å². The summed E-state index contributed by atoms with van der Waals surface area (Å²) >= 11 is 0. The van der Waals surface area contributed by atoms with E-state index >= 15 is 0 Å². The van der Waals surface area contributed by atoms with Gasteiger partial charge in [0.1, 0.15) is 0 Å². The number of carbonyl (C=O) groups is 1. The van der Waals surface area contributed by atoms with Crippen molar-refractivity contribution in [1.82, 2.24) is 24.0 Å². The molecule has 1 amide bonds. The minimum atomic E-state index is -0.529. The Hall–Kier alpha value is -4.47. The fourth-order valence-electron chi connectivity index (χ4n) is 4.95. The Balaban J connectivity index is 1.37. The Kier molecular flexibility index (Phi) is 7.48. The van der Waals surface area contributed by atoms with Crippen molar-refractivity contribution in [2.45, 2.75) is 45.1 Å². The molecule has 0 spiro atoms. The molecule has 3 aromatic heterocycles. The molecule has 0 atom stereocenters. The molecular formula is C28H31N7O3. The van der Waals surface area contributed by atoms with Crippen LogP contribution in [0.1, 0.15) is 48.2 Å². The van der Waals surface area contributed by atoms with Crippen LogP contribution in [0, 0.1) is 10.1 Å². The molecule has 196 valence electrons. The highest BCUT2D eigenvalue weighted by atomic mass is 16.6. The number of carbonyl (C=O) groups excluding carboxylic acids is 1. The predicted molar refractivity (Wildman–Crippen MR) is 145 cm³/mol. The van der Waals surface area contributed by atoms with Crippen molar-refractivity contribution in [2.24, 2.45) is 0 Å². The Morgan fingerprint density at radius 1 is 1.03 bits per heavy atom. The van der Waals surface area contributed by atoms with Gasteiger partial charge in [-0.25, -0.2) is 9.97 Å². The summed E-state index contributed by atoms with van der Waals surface area (Å²) in [7, 11) is 0. The third-order valence-electron chi connectivity index (χ3n) is 6.99. The van der Waals surface area contributed by atoms with Gasteiger partial charge in [-0.15, -0.1) is 0 Å². The molecule has 0 aliphatic carbocycles. The number of nitrogen functional groups attached to an aromatic ring is 1. The van der Waals surface area contributed by atoms with E-state index in [0.717, 1.165) is 62.0 Å². The normalized spacial score (nSPS) is 13.8. The molecule has 10 nitrogen and oxygen atoms in total. The van der Waals surface area contributed by atoms with Crippen LogP contribution in [0.15, 0.2) is 67.5 Å². The fraction of sp³-hybridized carbons (Fsp3) is 0.321. The standard InChI is InChI=1S/C28H31N7O3/c29-27-26(35(37)38)12-9-22(31-27)6-5-14-32-18-24(21-7-10-23(11-8-21)34-17-13-30-20-34)25(19-32)28(36)33-15-3-1-2-4-16-33/h7-13,17-20H,1-6,14-16H2,(H2,29,31). The molecule has 0 unspecified atom stereocenters. The van der Waals surface area contributed by atoms with E-state index in [1.807, 2.05) is 52.3 Å². The maximum Gasteiger partial charge on any atom is 0.311 e. The Morgan fingerprint density at radius 2 is 1.79 bits per heavy atom. The van der Waals surface area contributed by atoms with Crippen molar-refractivity contribution in [3.8, 4) is 16.8 Å². The third kappa shape index (κ3) is 5.59. The lowest BCUT2D eigenvalue weighted by Crippen LogP contribution is -2.31. The van der Waals surface area contributed by atoms with Crippen molar-refractivity contribution in [3.63, 3.8) is 0 Å². The molecule has 0 radical (unpaired) electrons. The van der Waals surface area contributed by atoms with E-state index in [0.29, 0.717) is 24.2 Å². The van der Waals surface area contributed by atoms with Crippen LogP contribution in [0.4, 0.5) is 11.5 Å². The summed E-state index contributed by atoms with van der Waals surface area (Å²) < 4.78 is 4.00. The van der Waals surface area contributed by atoms with Crippen molar-refractivity contribution in [2.75, 3.05) is 18.8 Å². The van der Waals surface area contributed by atoms with Crippen LogP contribution in [0.5, 0.6) is 0 Å². The average molecular weight is 514 g/mol. The highest BCUT2D eigenvalue weighted by molar-refractivity contribution is 6.01. The van der Waals surface area contributed by atoms with Crippen LogP contribution in [-0.4, -0.2) is 47.9 Å². The summed E-state index contributed by atoms with van der Waals surface area (Å²) in [5.41, 5.74) is 9.87. The zero-order valence-electron chi connectivity index (χ0n) is 21.2. The number of aryl methyl sites for hydroxylation is 2. The lowest BCUT2D eigenvalue weighted by molar-refractivity contribution is -0.384. The number of pyridine rings is 1. The first-order valence-electron chi connectivity index (χ1n) is 13.0. The number of anilines is 1. The second-order valence-electron chi connectivity index (χ2n) is 9.61. The fourth-order valence-corrected chi connectivity index (χ4v) is 4.95. The largest absolute Gasteiger partial charge is 0.378 e. The van der Waals surface area contributed by atoms with E-state index in [4.69, 9.17) is 5.73 Å². The number of nitro groups is 1. The molecule has 0 bridgehead atoms. The topological polar surface area (TPSA) is 125 Å². The molecule has 1 saturated heterocycles. The molecule has 4 aromatic rings. The van der Waals surface area contributed by atoms with Gasteiger partial charge in [0.15, 0.2) is 0 Å². The highest BCUT2D eigenvalue weighted by Crippen LogP contribution is 2.28. The SMILES string of the molecule is Nc1nc(CCCn2cc(C(=O)N3CCCCCC3)c(-c3ccc(-n4ccnc4)cc3)c2)ccc1[N+](=O)[O-]. The van der Waals surface area contributed by atoms with E-state index in [1.165, 1.54) is 6.07 Å².